The van der Waals surface area contributed by atoms with Gasteiger partial charge in [-0.15, -0.1) is 0 Å². The molecule has 5 aliphatic heterocycles. The van der Waals surface area contributed by atoms with Crippen LogP contribution in [0.25, 0.3) is 0 Å². The van der Waals surface area contributed by atoms with E-state index in [0.29, 0.717) is 0 Å². The lowest BCUT2D eigenvalue weighted by Gasteiger charge is -2.37. The lowest BCUT2D eigenvalue weighted by atomic mass is 9.83. The quantitative estimate of drug-likeness (QED) is 0.129. The number of halogens is 4. The van der Waals surface area contributed by atoms with Gasteiger partial charge in [0.05, 0.1) is 19.6 Å². The Labute approximate surface area is 393 Å². The molecule has 344 valence electrons. The Kier molecular flexibility index (Phi) is 13.1. The van der Waals surface area contributed by atoms with Gasteiger partial charge in [-0.3, -0.25) is 0 Å². The van der Waals surface area contributed by atoms with Crippen LogP contribution in [0.2, 0.25) is 0 Å². The van der Waals surface area contributed by atoms with Crippen molar-refractivity contribution in [2.75, 3.05) is 0 Å². The second kappa shape index (κ2) is 18.0. The lowest BCUT2D eigenvalue weighted by molar-refractivity contribution is 0.305. The first-order valence-electron chi connectivity index (χ1n) is 21.4. The molecule has 8 bridgehead atoms. The molecule has 4 aromatic carbocycles. The third-order valence-electron chi connectivity index (χ3n) is 14.5. The highest BCUT2D eigenvalue weighted by Crippen LogP contribution is 2.46. The van der Waals surface area contributed by atoms with E-state index in [1.165, 1.54) is 0 Å². The van der Waals surface area contributed by atoms with E-state index in [1.54, 1.807) is 48.5 Å². The van der Waals surface area contributed by atoms with Crippen molar-refractivity contribution < 1.29 is 33.7 Å². The maximum absolute atomic E-state index is 12.3. The molecule has 0 amide bonds. The monoisotopic (exact) mass is 1030 g/mol. The van der Waals surface area contributed by atoms with Gasteiger partial charge in [-0.25, -0.2) is 33.7 Å². The summed E-state index contributed by atoms with van der Waals surface area (Å²) in [5.41, 5.74) is 3.88. The van der Waals surface area contributed by atoms with Gasteiger partial charge in [-0.05, 0) is 122 Å². The molecule has 0 aromatic heterocycles. The van der Waals surface area contributed by atoms with Crippen LogP contribution in [0, 0.1) is 0 Å². The fourth-order valence-electron chi connectivity index (χ4n) is 11.9. The molecule has 0 saturated carbocycles. The van der Waals surface area contributed by atoms with Gasteiger partial charge in [0.15, 0.2) is 0 Å². The molecule has 12 nitrogen and oxygen atoms in total. The van der Waals surface area contributed by atoms with E-state index in [0.717, 1.165) is 73.6 Å². The lowest BCUT2D eigenvalue weighted by Crippen LogP contribution is -2.51. The molecule has 64 heavy (non-hydrogen) atoms. The summed E-state index contributed by atoms with van der Waals surface area (Å²) in [6.45, 7) is 0. The maximum atomic E-state index is 12.3. The minimum absolute atomic E-state index is 0.0210. The molecule has 5 heterocycles. The fourth-order valence-corrected chi connectivity index (χ4v) is 14.9. The molecule has 5 saturated heterocycles. The van der Waals surface area contributed by atoms with Crippen LogP contribution in [-0.4, -0.2) is 82.0 Å². The SMILES string of the molecule is O=S(=O)(Cl)c1ccc(C2C3CCC(N3)C(c3ccc(S(=O)(=O)Cl)cc3)C3CCC(N3)C(c3ccc(S(=O)(=O)Cl)cc3)C3CCC(N3)C(c3ccc(S(=O)(=O)Cl)cc3)C3CCC2N3)cc1. The number of fused-ring (bicyclic) bond motifs is 8. The molecule has 8 unspecified atom stereocenters. The summed E-state index contributed by atoms with van der Waals surface area (Å²) in [5.74, 6) is -0.328. The van der Waals surface area contributed by atoms with Crippen LogP contribution in [0.3, 0.4) is 0 Å². The largest absolute Gasteiger partial charge is 0.310 e. The zero-order valence-electron chi connectivity index (χ0n) is 34.2. The third-order valence-corrected chi connectivity index (χ3v) is 20.0. The smallest absolute Gasteiger partial charge is 0.261 e. The maximum Gasteiger partial charge on any atom is 0.261 e. The minimum Gasteiger partial charge on any atom is -0.310 e. The Morgan fingerprint density at radius 1 is 0.281 bits per heavy atom. The summed E-state index contributed by atoms with van der Waals surface area (Å²) in [5, 5.41) is 16.2. The summed E-state index contributed by atoms with van der Waals surface area (Å²) >= 11 is 0. The highest BCUT2D eigenvalue weighted by molar-refractivity contribution is 8.14. The van der Waals surface area contributed by atoms with E-state index in [1.807, 2.05) is 48.5 Å². The van der Waals surface area contributed by atoms with Gasteiger partial charge < -0.3 is 21.3 Å². The summed E-state index contributed by atoms with van der Waals surface area (Å²) in [6.07, 6.45) is 6.53. The molecule has 4 N–H and O–H groups in total. The number of hydrogen-bond donors (Lipinski definition) is 4. The molecular formula is C44H48Cl4N4O8S4. The van der Waals surface area contributed by atoms with E-state index in [-0.39, 0.29) is 91.6 Å². The molecule has 0 radical (unpaired) electrons. The Bertz CT molecular complexity index is 2400. The average Bonchev–Trinajstić information content (AvgIpc) is 4.08. The van der Waals surface area contributed by atoms with Crippen molar-refractivity contribution >= 4 is 78.9 Å². The Balaban J connectivity index is 1.15. The summed E-state index contributed by atoms with van der Waals surface area (Å²) in [7, 11) is 7.27. The molecule has 4 aromatic rings. The molecule has 0 spiro atoms. The molecule has 0 aliphatic carbocycles. The normalized spacial score (nSPS) is 32.4. The van der Waals surface area contributed by atoms with Crippen molar-refractivity contribution in [3.05, 3.63) is 119 Å². The molecule has 5 aliphatic rings. The number of hydrogen-bond acceptors (Lipinski definition) is 12. The topological polar surface area (TPSA) is 185 Å². The van der Waals surface area contributed by atoms with Gasteiger partial charge >= 0.3 is 0 Å². The Morgan fingerprint density at radius 3 is 0.547 bits per heavy atom. The minimum atomic E-state index is -3.95. The van der Waals surface area contributed by atoms with E-state index in [2.05, 4.69) is 21.3 Å². The van der Waals surface area contributed by atoms with Crippen LogP contribution in [0.1, 0.15) is 97.3 Å². The van der Waals surface area contributed by atoms with Crippen LogP contribution in [0.15, 0.2) is 117 Å². The zero-order valence-corrected chi connectivity index (χ0v) is 40.5. The van der Waals surface area contributed by atoms with Crippen LogP contribution in [0.5, 0.6) is 0 Å². The number of benzene rings is 4. The third kappa shape index (κ3) is 9.68. The fraction of sp³-hybridized carbons (Fsp3) is 0.455. The van der Waals surface area contributed by atoms with Gasteiger partial charge in [0.1, 0.15) is 0 Å². The van der Waals surface area contributed by atoms with Crippen LogP contribution in [0.4, 0.5) is 0 Å². The first kappa shape index (κ1) is 46.8. The van der Waals surface area contributed by atoms with Crippen molar-refractivity contribution in [3.63, 3.8) is 0 Å². The predicted molar refractivity (Wildman–Crippen MR) is 249 cm³/mol. The molecule has 9 rings (SSSR count). The second-order valence-electron chi connectivity index (χ2n) is 18.0. The van der Waals surface area contributed by atoms with Crippen molar-refractivity contribution in [2.45, 2.75) is 143 Å². The molecule has 5 fully saturated rings. The van der Waals surface area contributed by atoms with E-state index >= 15 is 0 Å². The van der Waals surface area contributed by atoms with Crippen LogP contribution < -0.4 is 21.3 Å². The van der Waals surface area contributed by atoms with Gasteiger partial charge in [-0.2, -0.15) is 0 Å². The van der Waals surface area contributed by atoms with Crippen LogP contribution >= 0.6 is 42.7 Å². The second-order valence-corrected chi connectivity index (χ2v) is 28.2. The molecule has 20 heteroatoms. The summed E-state index contributed by atoms with van der Waals surface area (Å²) < 4.78 is 98.7. The van der Waals surface area contributed by atoms with Crippen molar-refractivity contribution in [1.29, 1.82) is 0 Å². The van der Waals surface area contributed by atoms with E-state index in [4.69, 9.17) is 42.7 Å². The predicted octanol–water partition coefficient (Wildman–Crippen LogP) is 7.33. The first-order valence-corrected chi connectivity index (χ1v) is 30.7. The van der Waals surface area contributed by atoms with Crippen molar-refractivity contribution in [3.8, 4) is 0 Å². The van der Waals surface area contributed by atoms with Gasteiger partial charge in [0, 0.05) is 115 Å². The Hall–Kier alpha value is -2.32. The highest BCUT2D eigenvalue weighted by atomic mass is 35.7. The standard InChI is InChI=1S/C44H48Cl4N4O8S4/c45-61(53,54)29-9-1-25(2-10-29)41-33-17-19-35(49-33)42(26-3-11-30(12-4-26)62(46,55)56)37-21-23-39(51-37)44(28-7-15-32(16-8-28)64(48,59)60)40-24-22-38(52-40)43(36-20-18-34(41)50-36)27-5-13-31(14-6-27)63(47,57)58/h1-16,33-44,49-52H,17-24H2. The van der Waals surface area contributed by atoms with Crippen LogP contribution in [-0.2, 0) is 36.2 Å². The highest BCUT2D eigenvalue weighted by Gasteiger charge is 2.49. The molecule has 8 atom stereocenters. The number of nitrogens with one attached hydrogen (secondary N) is 4. The summed E-state index contributed by atoms with van der Waals surface area (Å²) in [6, 6.07) is 27.1. The first-order chi connectivity index (χ1) is 30.2. The van der Waals surface area contributed by atoms with E-state index < -0.39 is 36.2 Å². The van der Waals surface area contributed by atoms with Gasteiger partial charge in [0.25, 0.3) is 36.2 Å². The average molecular weight is 1030 g/mol. The van der Waals surface area contributed by atoms with Gasteiger partial charge in [0.2, 0.25) is 0 Å². The summed E-state index contributed by atoms with van der Waals surface area (Å²) in [4.78, 5) is 0.0838. The van der Waals surface area contributed by atoms with Gasteiger partial charge in [-0.1, -0.05) is 48.5 Å². The zero-order chi connectivity index (χ0) is 45.3. The van der Waals surface area contributed by atoms with Crippen molar-refractivity contribution in [1.82, 2.24) is 21.3 Å². The van der Waals surface area contributed by atoms with Crippen molar-refractivity contribution in [2.24, 2.45) is 0 Å². The molecular weight excluding hydrogens is 983 g/mol. The number of rotatable bonds is 8. The Morgan fingerprint density at radius 2 is 0.422 bits per heavy atom. The van der Waals surface area contributed by atoms with E-state index in [9.17, 15) is 33.7 Å².